The van der Waals surface area contributed by atoms with Gasteiger partial charge in [0.2, 0.25) is 5.78 Å². The summed E-state index contributed by atoms with van der Waals surface area (Å²) in [7, 11) is -0.448. The standard InChI is InChI=1S/C15H14N2O3S/c1-16-9-5-6-11(16)10-13-15(18)12-7-3-4-8-14(12)21(19,20)17(13)2/h3-10H,1-2H3/b13-10+. The quantitative estimate of drug-likeness (QED) is 0.756. The molecule has 1 aromatic carbocycles. The Balaban J connectivity index is 2.24. The topological polar surface area (TPSA) is 59.4 Å². The fraction of sp³-hybridized carbons (Fsp3) is 0.133. The Morgan fingerprint density at radius 2 is 1.76 bits per heavy atom. The highest BCUT2D eigenvalue weighted by molar-refractivity contribution is 7.89. The first-order valence-electron chi connectivity index (χ1n) is 6.38. The molecule has 0 amide bonds. The van der Waals surface area contributed by atoms with Crippen LogP contribution in [0.5, 0.6) is 0 Å². The Morgan fingerprint density at radius 1 is 1.05 bits per heavy atom. The molecule has 0 spiro atoms. The highest BCUT2D eigenvalue weighted by Gasteiger charge is 2.36. The van der Waals surface area contributed by atoms with E-state index in [2.05, 4.69) is 0 Å². The van der Waals surface area contributed by atoms with Crippen LogP contribution in [0.1, 0.15) is 16.1 Å². The molecule has 3 rings (SSSR count). The molecule has 1 aromatic heterocycles. The lowest BCUT2D eigenvalue weighted by Gasteiger charge is -2.27. The van der Waals surface area contributed by atoms with E-state index in [9.17, 15) is 13.2 Å². The molecule has 0 atom stereocenters. The Bertz CT molecular complexity index is 863. The monoisotopic (exact) mass is 302 g/mol. The molecule has 108 valence electrons. The Kier molecular flexibility index (Phi) is 2.98. The van der Waals surface area contributed by atoms with Crippen molar-refractivity contribution in [2.45, 2.75) is 4.90 Å². The van der Waals surface area contributed by atoms with Gasteiger partial charge in [-0.2, -0.15) is 0 Å². The van der Waals surface area contributed by atoms with Gasteiger partial charge in [0.15, 0.2) is 0 Å². The van der Waals surface area contributed by atoms with Crippen molar-refractivity contribution in [3.63, 3.8) is 0 Å². The van der Waals surface area contributed by atoms with Crippen LogP contribution in [0.2, 0.25) is 0 Å². The second-order valence-electron chi connectivity index (χ2n) is 4.87. The first kappa shape index (κ1) is 13.6. The molecule has 2 heterocycles. The predicted molar refractivity (Wildman–Crippen MR) is 79.1 cm³/mol. The van der Waals surface area contributed by atoms with Gasteiger partial charge >= 0.3 is 0 Å². The van der Waals surface area contributed by atoms with Crippen LogP contribution < -0.4 is 0 Å². The smallest absolute Gasteiger partial charge is 0.264 e. The number of aromatic nitrogens is 1. The van der Waals surface area contributed by atoms with Crippen LogP contribution in [0, 0.1) is 0 Å². The number of allylic oxidation sites excluding steroid dienone is 1. The second kappa shape index (κ2) is 4.60. The van der Waals surface area contributed by atoms with Crippen LogP contribution in [0.25, 0.3) is 6.08 Å². The van der Waals surface area contributed by atoms with Crippen molar-refractivity contribution in [2.24, 2.45) is 7.05 Å². The molecule has 6 heteroatoms. The molecule has 1 aliphatic rings. The largest absolute Gasteiger partial charge is 0.351 e. The number of aryl methyl sites for hydroxylation is 1. The molecule has 0 unspecified atom stereocenters. The van der Waals surface area contributed by atoms with Crippen molar-refractivity contribution in [1.29, 1.82) is 0 Å². The number of rotatable bonds is 1. The molecule has 0 aliphatic carbocycles. The third-order valence-electron chi connectivity index (χ3n) is 3.61. The maximum Gasteiger partial charge on any atom is 0.264 e. The number of carbonyl (C=O) groups is 1. The van der Waals surface area contributed by atoms with Gasteiger partial charge in [-0.15, -0.1) is 0 Å². The summed E-state index contributed by atoms with van der Waals surface area (Å²) in [6.45, 7) is 0. The molecule has 5 nitrogen and oxygen atoms in total. The van der Waals surface area contributed by atoms with Crippen molar-refractivity contribution in [2.75, 3.05) is 7.05 Å². The highest BCUT2D eigenvalue weighted by Crippen LogP contribution is 2.31. The number of Topliss-reactive ketones (excluding diaryl/α,β-unsaturated/α-hetero) is 1. The normalized spacial score (nSPS) is 18.9. The minimum atomic E-state index is -3.68. The van der Waals surface area contributed by atoms with Crippen LogP contribution in [0.3, 0.4) is 0 Å². The lowest BCUT2D eigenvalue weighted by atomic mass is 10.1. The molecule has 0 saturated carbocycles. The molecule has 21 heavy (non-hydrogen) atoms. The van der Waals surface area contributed by atoms with Gasteiger partial charge in [-0.1, -0.05) is 12.1 Å². The van der Waals surface area contributed by atoms with Crippen molar-refractivity contribution in [3.8, 4) is 0 Å². The van der Waals surface area contributed by atoms with E-state index >= 15 is 0 Å². The van der Waals surface area contributed by atoms with E-state index in [-0.39, 0.29) is 21.9 Å². The average Bonchev–Trinajstić information content (AvgIpc) is 2.87. The summed E-state index contributed by atoms with van der Waals surface area (Å²) in [6, 6.07) is 9.93. The summed E-state index contributed by atoms with van der Waals surface area (Å²) in [6.07, 6.45) is 3.43. The number of hydrogen-bond donors (Lipinski definition) is 0. The first-order chi connectivity index (χ1) is 9.93. The van der Waals surface area contributed by atoms with E-state index in [0.29, 0.717) is 0 Å². The van der Waals surface area contributed by atoms with Gasteiger partial charge in [-0.05, 0) is 30.3 Å². The molecule has 2 aromatic rings. The number of sulfonamides is 1. The lowest BCUT2D eigenvalue weighted by Crippen LogP contribution is -2.36. The summed E-state index contributed by atoms with van der Waals surface area (Å²) in [5.41, 5.74) is 1.13. The number of benzene rings is 1. The Labute approximate surface area is 123 Å². The van der Waals surface area contributed by atoms with Gasteiger partial charge in [-0.3, -0.25) is 9.10 Å². The predicted octanol–water partition coefficient (Wildman–Crippen LogP) is 1.88. The van der Waals surface area contributed by atoms with E-state index in [1.165, 1.54) is 13.1 Å². The molecule has 0 saturated heterocycles. The van der Waals surface area contributed by atoms with Gasteiger partial charge < -0.3 is 4.57 Å². The highest BCUT2D eigenvalue weighted by atomic mass is 32.2. The zero-order valence-electron chi connectivity index (χ0n) is 11.6. The third kappa shape index (κ3) is 1.99. The molecule has 1 aliphatic heterocycles. The van der Waals surface area contributed by atoms with Crippen LogP contribution in [0.15, 0.2) is 53.2 Å². The SMILES string of the molecule is CN1/C(=C/c2cccn2C)C(=O)c2ccccc2S1(=O)=O. The summed E-state index contributed by atoms with van der Waals surface area (Å²) in [4.78, 5) is 12.6. The number of hydrogen-bond acceptors (Lipinski definition) is 3. The summed E-state index contributed by atoms with van der Waals surface area (Å²) >= 11 is 0. The minimum Gasteiger partial charge on any atom is -0.351 e. The zero-order valence-corrected chi connectivity index (χ0v) is 12.5. The Hall–Kier alpha value is -2.34. The summed E-state index contributed by atoms with van der Waals surface area (Å²) < 4.78 is 27.9. The fourth-order valence-corrected chi connectivity index (χ4v) is 3.74. The number of fused-ring (bicyclic) bond motifs is 1. The van der Waals surface area contributed by atoms with Crippen LogP contribution in [-0.4, -0.2) is 30.1 Å². The minimum absolute atomic E-state index is 0.0570. The maximum absolute atomic E-state index is 12.6. The van der Waals surface area contributed by atoms with Crippen molar-refractivity contribution in [3.05, 3.63) is 59.5 Å². The van der Waals surface area contributed by atoms with E-state index in [4.69, 9.17) is 0 Å². The second-order valence-corrected chi connectivity index (χ2v) is 6.81. The Morgan fingerprint density at radius 3 is 2.43 bits per heavy atom. The summed E-state index contributed by atoms with van der Waals surface area (Å²) in [5.74, 6) is -0.288. The molecule has 0 radical (unpaired) electrons. The number of likely N-dealkylation sites (N-methyl/N-ethyl adjacent to an activating group) is 1. The van der Waals surface area contributed by atoms with Gasteiger partial charge in [0.1, 0.15) is 5.70 Å². The van der Waals surface area contributed by atoms with E-state index in [0.717, 1.165) is 10.00 Å². The van der Waals surface area contributed by atoms with Gasteiger partial charge in [0, 0.05) is 31.5 Å². The molecular formula is C15H14N2O3S. The van der Waals surface area contributed by atoms with E-state index in [1.807, 2.05) is 29.9 Å². The molecular weight excluding hydrogens is 288 g/mol. The molecule has 0 bridgehead atoms. The van der Waals surface area contributed by atoms with Gasteiger partial charge in [0.05, 0.1) is 4.90 Å². The third-order valence-corrected chi connectivity index (χ3v) is 5.44. The van der Waals surface area contributed by atoms with Crippen LogP contribution in [0.4, 0.5) is 0 Å². The maximum atomic E-state index is 12.6. The summed E-state index contributed by atoms with van der Waals surface area (Å²) in [5, 5.41) is 0. The van der Waals surface area contributed by atoms with Gasteiger partial charge in [-0.25, -0.2) is 8.42 Å². The van der Waals surface area contributed by atoms with Crippen LogP contribution >= 0.6 is 0 Å². The number of ketones is 1. The number of nitrogens with zero attached hydrogens (tertiary/aromatic N) is 2. The average molecular weight is 302 g/mol. The number of carbonyl (C=O) groups excluding carboxylic acids is 1. The fourth-order valence-electron chi connectivity index (χ4n) is 2.36. The van der Waals surface area contributed by atoms with Crippen LogP contribution in [-0.2, 0) is 17.1 Å². The lowest BCUT2D eigenvalue weighted by molar-refractivity contribution is 0.101. The van der Waals surface area contributed by atoms with Crippen molar-refractivity contribution >= 4 is 21.9 Å². The first-order valence-corrected chi connectivity index (χ1v) is 7.82. The molecule has 0 N–H and O–H groups in total. The molecule has 0 fully saturated rings. The van der Waals surface area contributed by atoms with Crippen molar-refractivity contribution in [1.82, 2.24) is 8.87 Å². The van der Waals surface area contributed by atoms with E-state index in [1.54, 1.807) is 24.3 Å². The zero-order chi connectivity index (χ0) is 15.2. The van der Waals surface area contributed by atoms with Crippen molar-refractivity contribution < 1.29 is 13.2 Å². The van der Waals surface area contributed by atoms with Gasteiger partial charge in [0.25, 0.3) is 10.0 Å². The van der Waals surface area contributed by atoms with E-state index < -0.39 is 10.0 Å².